The van der Waals surface area contributed by atoms with Crippen LogP contribution in [0.1, 0.15) is 16.7 Å². The first-order valence-corrected chi connectivity index (χ1v) is 11.7. The molecule has 0 radical (unpaired) electrons. The third kappa shape index (κ3) is 4.60. The molecule has 0 spiro atoms. The summed E-state index contributed by atoms with van der Waals surface area (Å²) in [5.74, 6) is 1.34. The second kappa shape index (κ2) is 9.04. The van der Waals surface area contributed by atoms with E-state index in [0.717, 1.165) is 21.2 Å². The zero-order valence-electron chi connectivity index (χ0n) is 17.2. The summed E-state index contributed by atoms with van der Waals surface area (Å²) in [7, 11) is -0.240. The molecule has 6 nitrogen and oxygen atoms in total. The predicted molar refractivity (Wildman–Crippen MR) is 117 cm³/mol. The van der Waals surface area contributed by atoms with Crippen molar-refractivity contribution in [2.24, 2.45) is 0 Å². The Morgan fingerprint density at radius 1 is 0.966 bits per heavy atom. The van der Waals surface area contributed by atoms with Crippen LogP contribution in [0.4, 0.5) is 0 Å². The fourth-order valence-corrected chi connectivity index (χ4v) is 5.57. The van der Waals surface area contributed by atoms with Crippen LogP contribution in [-0.4, -0.2) is 58.0 Å². The molecule has 29 heavy (non-hydrogen) atoms. The summed E-state index contributed by atoms with van der Waals surface area (Å²) >= 11 is 3.61. The zero-order chi connectivity index (χ0) is 21.2. The van der Waals surface area contributed by atoms with Crippen LogP contribution >= 0.6 is 15.9 Å². The molecule has 0 amide bonds. The molecule has 0 aliphatic carbocycles. The van der Waals surface area contributed by atoms with Gasteiger partial charge >= 0.3 is 0 Å². The molecule has 0 saturated carbocycles. The lowest BCUT2D eigenvalue weighted by atomic mass is 10.1. The highest BCUT2D eigenvalue weighted by atomic mass is 79.9. The highest BCUT2D eigenvalue weighted by molar-refractivity contribution is 9.10. The van der Waals surface area contributed by atoms with E-state index < -0.39 is 10.0 Å². The minimum Gasteiger partial charge on any atom is -0.493 e. The minimum atomic E-state index is -3.46. The molecule has 1 aliphatic heterocycles. The smallest absolute Gasteiger partial charge is 0.243 e. The summed E-state index contributed by atoms with van der Waals surface area (Å²) in [6.07, 6.45) is 0. The molecule has 0 atom stereocenters. The van der Waals surface area contributed by atoms with Crippen molar-refractivity contribution in [3.8, 4) is 11.5 Å². The van der Waals surface area contributed by atoms with Crippen molar-refractivity contribution in [2.75, 3.05) is 40.4 Å². The second-order valence-electron chi connectivity index (χ2n) is 7.20. The first-order chi connectivity index (χ1) is 13.8. The fourth-order valence-electron chi connectivity index (χ4n) is 3.44. The Morgan fingerprint density at radius 2 is 1.66 bits per heavy atom. The van der Waals surface area contributed by atoms with Gasteiger partial charge in [-0.05, 0) is 64.7 Å². The van der Waals surface area contributed by atoms with Gasteiger partial charge in [0.2, 0.25) is 10.0 Å². The largest absolute Gasteiger partial charge is 0.493 e. The number of piperazine rings is 1. The lowest BCUT2D eigenvalue weighted by molar-refractivity contribution is 0.181. The topological polar surface area (TPSA) is 59.1 Å². The highest BCUT2D eigenvalue weighted by Crippen LogP contribution is 2.38. The van der Waals surface area contributed by atoms with E-state index in [1.807, 2.05) is 32.0 Å². The van der Waals surface area contributed by atoms with Crippen molar-refractivity contribution in [2.45, 2.75) is 25.3 Å². The Morgan fingerprint density at radius 3 is 2.24 bits per heavy atom. The number of hydrogen-bond donors (Lipinski definition) is 0. The van der Waals surface area contributed by atoms with Crippen molar-refractivity contribution >= 4 is 26.0 Å². The summed E-state index contributed by atoms with van der Waals surface area (Å²) in [5, 5.41) is 0. The average molecular weight is 483 g/mol. The molecule has 0 bridgehead atoms. The van der Waals surface area contributed by atoms with Crippen LogP contribution in [0.5, 0.6) is 11.5 Å². The van der Waals surface area contributed by atoms with E-state index in [1.54, 1.807) is 30.7 Å². The molecule has 1 aliphatic rings. The van der Waals surface area contributed by atoms with Gasteiger partial charge in [0.05, 0.1) is 23.6 Å². The summed E-state index contributed by atoms with van der Waals surface area (Å²) in [5.41, 5.74) is 3.16. The molecule has 3 rings (SSSR count). The number of halogens is 1. The van der Waals surface area contributed by atoms with Crippen LogP contribution in [0.2, 0.25) is 0 Å². The summed E-state index contributed by atoms with van der Waals surface area (Å²) in [6.45, 7) is 6.92. The number of sulfonamides is 1. The Bertz CT molecular complexity index is 986. The Balaban J connectivity index is 1.69. The van der Waals surface area contributed by atoms with Gasteiger partial charge in [-0.2, -0.15) is 4.31 Å². The van der Waals surface area contributed by atoms with E-state index in [4.69, 9.17) is 9.47 Å². The third-order valence-corrected chi connectivity index (χ3v) is 8.17. The van der Waals surface area contributed by atoms with E-state index in [9.17, 15) is 8.42 Å². The maximum absolute atomic E-state index is 13.0. The van der Waals surface area contributed by atoms with Gasteiger partial charge in [-0.25, -0.2) is 8.42 Å². The van der Waals surface area contributed by atoms with Gasteiger partial charge in [-0.15, -0.1) is 0 Å². The van der Waals surface area contributed by atoms with Crippen LogP contribution in [0.3, 0.4) is 0 Å². The molecule has 0 unspecified atom stereocenters. The maximum Gasteiger partial charge on any atom is 0.243 e. The first-order valence-electron chi connectivity index (χ1n) is 9.47. The lowest BCUT2D eigenvalue weighted by Crippen LogP contribution is -2.48. The molecule has 0 aromatic heterocycles. The minimum absolute atomic E-state index is 0.372. The van der Waals surface area contributed by atoms with Gasteiger partial charge in [0.1, 0.15) is 0 Å². The monoisotopic (exact) mass is 482 g/mol. The van der Waals surface area contributed by atoms with E-state index in [-0.39, 0.29) is 0 Å². The van der Waals surface area contributed by atoms with E-state index in [0.29, 0.717) is 49.1 Å². The van der Waals surface area contributed by atoms with Crippen molar-refractivity contribution in [3.63, 3.8) is 0 Å². The number of aryl methyl sites for hydroxylation is 2. The number of nitrogens with zero attached hydrogens (tertiary/aromatic N) is 2. The predicted octanol–water partition coefficient (Wildman–Crippen LogP) is 3.59. The Kier molecular flexibility index (Phi) is 6.88. The van der Waals surface area contributed by atoms with Crippen molar-refractivity contribution in [1.82, 2.24) is 9.21 Å². The number of rotatable bonds is 6. The van der Waals surface area contributed by atoms with Crippen LogP contribution in [0, 0.1) is 13.8 Å². The fraction of sp³-hybridized carbons (Fsp3) is 0.429. The standard InChI is InChI=1S/C21H27BrN2O4S/c1-15-5-7-18(13-16(15)2)29(25,26)24-11-9-23(10-12-24)14-17-6-8-19(27-3)21(28-4)20(17)22/h5-8,13H,9-12,14H2,1-4H3. The van der Waals surface area contributed by atoms with Crippen molar-refractivity contribution < 1.29 is 17.9 Å². The zero-order valence-corrected chi connectivity index (χ0v) is 19.6. The van der Waals surface area contributed by atoms with Crippen molar-refractivity contribution in [3.05, 3.63) is 51.5 Å². The Labute approximate surface area is 181 Å². The third-order valence-electron chi connectivity index (χ3n) is 5.41. The number of hydrogen-bond acceptors (Lipinski definition) is 5. The van der Waals surface area contributed by atoms with Crippen LogP contribution in [0.15, 0.2) is 39.7 Å². The number of ether oxygens (including phenoxy) is 2. The summed E-state index contributed by atoms with van der Waals surface area (Å²) < 4.78 is 39.2. The van der Waals surface area contributed by atoms with Gasteiger partial charge in [0.25, 0.3) is 0 Å². The van der Waals surface area contributed by atoms with E-state index >= 15 is 0 Å². The molecule has 8 heteroatoms. The quantitative estimate of drug-likeness (QED) is 0.629. The Hall–Kier alpha value is -1.61. The van der Waals surface area contributed by atoms with Crippen LogP contribution in [0.25, 0.3) is 0 Å². The second-order valence-corrected chi connectivity index (χ2v) is 9.93. The molecule has 1 heterocycles. The van der Waals surface area contributed by atoms with Gasteiger partial charge in [-0.1, -0.05) is 12.1 Å². The lowest BCUT2D eigenvalue weighted by Gasteiger charge is -2.34. The molecule has 0 N–H and O–H groups in total. The number of methoxy groups -OCH3 is 2. The molecule has 2 aromatic rings. The van der Waals surface area contributed by atoms with Crippen LogP contribution < -0.4 is 9.47 Å². The first kappa shape index (κ1) is 22.1. The highest BCUT2D eigenvalue weighted by Gasteiger charge is 2.29. The maximum atomic E-state index is 13.0. The molecular weight excluding hydrogens is 456 g/mol. The molecule has 158 valence electrons. The van der Waals surface area contributed by atoms with E-state index in [1.165, 1.54) is 0 Å². The van der Waals surface area contributed by atoms with Gasteiger partial charge in [0, 0.05) is 32.7 Å². The van der Waals surface area contributed by atoms with E-state index in [2.05, 4.69) is 20.8 Å². The average Bonchev–Trinajstić information content (AvgIpc) is 2.71. The molecule has 2 aromatic carbocycles. The van der Waals surface area contributed by atoms with Gasteiger partial charge in [-0.3, -0.25) is 4.90 Å². The number of benzene rings is 2. The molecule has 1 saturated heterocycles. The SMILES string of the molecule is COc1ccc(CN2CCN(S(=O)(=O)c3ccc(C)c(C)c3)CC2)c(Br)c1OC. The summed E-state index contributed by atoms with van der Waals surface area (Å²) in [4.78, 5) is 2.62. The summed E-state index contributed by atoms with van der Waals surface area (Å²) in [6, 6.07) is 9.22. The molecule has 1 fully saturated rings. The normalized spacial score (nSPS) is 16.0. The van der Waals surface area contributed by atoms with Crippen molar-refractivity contribution in [1.29, 1.82) is 0 Å². The van der Waals surface area contributed by atoms with Crippen LogP contribution in [-0.2, 0) is 16.6 Å². The van der Waals surface area contributed by atoms with Gasteiger partial charge in [0.15, 0.2) is 11.5 Å². The van der Waals surface area contributed by atoms with Gasteiger partial charge < -0.3 is 9.47 Å². The molecular formula is C21H27BrN2O4S.